The van der Waals surface area contributed by atoms with Gasteiger partial charge in [-0.15, -0.1) is 24.0 Å². The van der Waals surface area contributed by atoms with Crippen molar-refractivity contribution in [2.24, 2.45) is 4.99 Å². The van der Waals surface area contributed by atoms with Crippen molar-refractivity contribution in [3.05, 3.63) is 23.9 Å². The van der Waals surface area contributed by atoms with Crippen molar-refractivity contribution in [3.8, 4) is 0 Å². The standard InChI is InChI=1S/C21H36N6.HI/c1-21(2,27-13-5-4-6-14-27)17-25-20(22-3)24-16-18-9-10-23-19(15-18)26-11-7-8-12-26;/h9-10,15H,4-8,11-14,16-17H2,1-3H3,(H2,22,24,25);1H. The summed E-state index contributed by atoms with van der Waals surface area (Å²) in [5, 5.41) is 6.97. The van der Waals surface area contributed by atoms with E-state index in [1.165, 1.54) is 50.8 Å². The molecular formula is C21H37IN6. The van der Waals surface area contributed by atoms with Crippen molar-refractivity contribution in [1.82, 2.24) is 20.5 Å². The lowest BCUT2D eigenvalue weighted by Gasteiger charge is -2.41. The van der Waals surface area contributed by atoms with Crippen LogP contribution in [-0.2, 0) is 6.54 Å². The van der Waals surface area contributed by atoms with Crippen LogP contribution in [-0.4, -0.2) is 61.2 Å². The van der Waals surface area contributed by atoms with Crippen LogP contribution in [0.1, 0.15) is 51.5 Å². The Morgan fingerprint density at radius 1 is 1.07 bits per heavy atom. The molecule has 28 heavy (non-hydrogen) atoms. The highest BCUT2D eigenvalue weighted by atomic mass is 127. The van der Waals surface area contributed by atoms with E-state index in [0.717, 1.165) is 38.0 Å². The number of likely N-dealkylation sites (tertiary alicyclic amines) is 1. The maximum Gasteiger partial charge on any atom is 0.191 e. The number of pyridine rings is 1. The molecule has 3 rings (SSSR count). The summed E-state index contributed by atoms with van der Waals surface area (Å²) in [5.74, 6) is 1.96. The minimum atomic E-state index is 0. The number of aromatic nitrogens is 1. The molecule has 2 fully saturated rings. The first-order chi connectivity index (χ1) is 13.1. The number of nitrogens with one attached hydrogen (secondary N) is 2. The van der Waals surface area contributed by atoms with Crippen LogP contribution in [0.4, 0.5) is 5.82 Å². The fourth-order valence-corrected chi connectivity index (χ4v) is 4.01. The molecule has 0 spiro atoms. The molecule has 158 valence electrons. The van der Waals surface area contributed by atoms with Gasteiger partial charge in [0.1, 0.15) is 5.82 Å². The molecule has 7 heteroatoms. The molecule has 0 atom stereocenters. The van der Waals surface area contributed by atoms with Crippen LogP contribution in [0, 0.1) is 0 Å². The molecule has 1 aromatic rings. The lowest BCUT2D eigenvalue weighted by atomic mass is 9.98. The normalized spacial score (nSPS) is 18.7. The van der Waals surface area contributed by atoms with Gasteiger partial charge in [0, 0.05) is 45.0 Å². The highest BCUT2D eigenvalue weighted by molar-refractivity contribution is 14.0. The first kappa shape index (κ1) is 23.2. The first-order valence-corrected chi connectivity index (χ1v) is 10.5. The lowest BCUT2D eigenvalue weighted by molar-refractivity contribution is 0.0982. The van der Waals surface area contributed by atoms with Gasteiger partial charge in [-0.05, 0) is 70.3 Å². The minimum Gasteiger partial charge on any atom is -0.357 e. The van der Waals surface area contributed by atoms with E-state index in [2.05, 4.69) is 56.4 Å². The number of hydrogen-bond donors (Lipinski definition) is 2. The first-order valence-electron chi connectivity index (χ1n) is 10.5. The van der Waals surface area contributed by atoms with Crippen LogP contribution in [0.3, 0.4) is 0 Å². The summed E-state index contributed by atoms with van der Waals surface area (Å²) in [6, 6.07) is 4.28. The van der Waals surface area contributed by atoms with E-state index in [9.17, 15) is 0 Å². The summed E-state index contributed by atoms with van der Waals surface area (Å²) in [7, 11) is 1.84. The molecule has 2 N–H and O–H groups in total. The van der Waals surface area contributed by atoms with Crippen LogP contribution in [0.2, 0.25) is 0 Å². The second-order valence-corrected chi connectivity index (χ2v) is 8.36. The number of halogens is 1. The monoisotopic (exact) mass is 500 g/mol. The molecule has 0 amide bonds. The van der Waals surface area contributed by atoms with Gasteiger partial charge in [0.25, 0.3) is 0 Å². The van der Waals surface area contributed by atoms with Crippen molar-refractivity contribution in [1.29, 1.82) is 0 Å². The maximum atomic E-state index is 4.54. The Morgan fingerprint density at radius 3 is 2.43 bits per heavy atom. The van der Waals surface area contributed by atoms with E-state index >= 15 is 0 Å². The van der Waals surface area contributed by atoms with E-state index in [0.29, 0.717) is 0 Å². The minimum absolute atomic E-state index is 0. The number of rotatable bonds is 6. The summed E-state index contributed by atoms with van der Waals surface area (Å²) >= 11 is 0. The Balaban J connectivity index is 0.00000280. The van der Waals surface area contributed by atoms with Gasteiger partial charge in [-0.25, -0.2) is 4.98 Å². The van der Waals surface area contributed by atoms with Crippen LogP contribution >= 0.6 is 24.0 Å². The molecule has 2 saturated heterocycles. The van der Waals surface area contributed by atoms with E-state index in [1.54, 1.807) is 0 Å². The van der Waals surface area contributed by atoms with Gasteiger partial charge in [0.15, 0.2) is 5.96 Å². The SMILES string of the molecule is CN=C(NCc1ccnc(N2CCCC2)c1)NCC(C)(C)N1CCCCC1.I. The summed E-state index contributed by atoms with van der Waals surface area (Å²) in [4.78, 5) is 13.9. The average Bonchev–Trinajstić information content (AvgIpc) is 3.24. The second kappa shape index (κ2) is 11.2. The zero-order valence-corrected chi connectivity index (χ0v) is 20.0. The Kier molecular flexibility index (Phi) is 9.27. The van der Waals surface area contributed by atoms with E-state index < -0.39 is 0 Å². The van der Waals surface area contributed by atoms with Gasteiger partial charge in [0.2, 0.25) is 0 Å². The van der Waals surface area contributed by atoms with E-state index in [4.69, 9.17) is 0 Å². The van der Waals surface area contributed by atoms with Crippen molar-refractivity contribution >= 4 is 35.8 Å². The number of hydrogen-bond acceptors (Lipinski definition) is 4. The molecule has 0 radical (unpaired) electrons. The van der Waals surface area contributed by atoms with Crippen molar-refractivity contribution in [3.63, 3.8) is 0 Å². The molecule has 0 bridgehead atoms. The Hall–Kier alpha value is -1.09. The van der Waals surface area contributed by atoms with Crippen LogP contribution in [0.25, 0.3) is 0 Å². The third-order valence-electron chi connectivity index (χ3n) is 5.82. The fraction of sp³-hybridized carbons (Fsp3) is 0.714. The smallest absolute Gasteiger partial charge is 0.191 e. The zero-order chi connectivity index (χ0) is 19.1. The third-order valence-corrected chi connectivity index (χ3v) is 5.82. The highest BCUT2D eigenvalue weighted by Gasteiger charge is 2.27. The molecular weight excluding hydrogens is 463 g/mol. The average molecular weight is 500 g/mol. The van der Waals surface area contributed by atoms with Gasteiger partial charge < -0.3 is 15.5 Å². The van der Waals surface area contributed by atoms with Gasteiger partial charge in [-0.2, -0.15) is 0 Å². The lowest BCUT2D eigenvalue weighted by Crippen LogP contribution is -2.54. The number of piperidine rings is 1. The Bertz CT molecular complexity index is 621. The summed E-state index contributed by atoms with van der Waals surface area (Å²) < 4.78 is 0. The molecule has 0 aliphatic carbocycles. The number of anilines is 1. The van der Waals surface area contributed by atoms with Crippen molar-refractivity contribution in [2.45, 2.75) is 58.0 Å². The Morgan fingerprint density at radius 2 is 1.75 bits per heavy atom. The van der Waals surface area contributed by atoms with Gasteiger partial charge in [-0.3, -0.25) is 9.89 Å². The molecule has 0 saturated carbocycles. The maximum absolute atomic E-state index is 4.54. The quantitative estimate of drug-likeness (QED) is 0.357. The molecule has 1 aromatic heterocycles. The second-order valence-electron chi connectivity index (χ2n) is 8.36. The van der Waals surface area contributed by atoms with Crippen LogP contribution < -0.4 is 15.5 Å². The zero-order valence-electron chi connectivity index (χ0n) is 17.7. The predicted octanol–water partition coefficient (Wildman–Crippen LogP) is 3.23. The summed E-state index contributed by atoms with van der Waals surface area (Å²) in [6.45, 7) is 11.0. The van der Waals surface area contributed by atoms with Gasteiger partial charge in [-0.1, -0.05) is 6.42 Å². The van der Waals surface area contributed by atoms with Gasteiger partial charge in [0.05, 0.1) is 0 Å². The molecule has 3 heterocycles. The fourth-order valence-electron chi connectivity index (χ4n) is 4.01. The van der Waals surface area contributed by atoms with Crippen LogP contribution in [0.5, 0.6) is 0 Å². The van der Waals surface area contributed by atoms with E-state index in [1.807, 2.05) is 13.2 Å². The third kappa shape index (κ3) is 6.47. The van der Waals surface area contributed by atoms with Gasteiger partial charge >= 0.3 is 0 Å². The van der Waals surface area contributed by atoms with E-state index in [-0.39, 0.29) is 29.5 Å². The number of nitrogens with zero attached hydrogens (tertiary/aromatic N) is 4. The number of guanidine groups is 1. The van der Waals surface area contributed by atoms with Crippen molar-refractivity contribution < 1.29 is 0 Å². The molecule has 2 aliphatic heterocycles. The summed E-state index contributed by atoms with van der Waals surface area (Å²) in [6.07, 6.45) is 8.46. The summed E-state index contributed by atoms with van der Waals surface area (Å²) in [5.41, 5.74) is 1.38. The van der Waals surface area contributed by atoms with Crippen LogP contribution in [0.15, 0.2) is 23.3 Å². The predicted molar refractivity (Wildman–Crippen MR) is 129 cm³/mol. The highest BCUT2D eigenvalue weighted by Crippen LogP contribution is 2.20. The largest absolute Gasteiger partial charge is 0.357 e. The molecule has 6 nitrogen and oxygen atoms in total. The van der Waals surface area contributed by atoms with Crippen molar-refractivity contribution in [2.75, 3.05) is 44.7 Å². The topological polar surface area (TPSA) is 55.8 Å². The molecule has 0 aromatic carbocycles. The number of aliphatic imine (C=N–C) groups is 1. The Labute approximate surface area is 187 Å². The molecule has 0 unspecified atom stereocenters. The molecule has 2 aliphatic rings.